The van der Waals surface area contributed by atoms with Crippen molar-refractivity contribution in [2.24, 2.45) is 0 Å². The summed E-state index contributed by atoms with van der Waals surface area (Å²) in [5.74, 6) is 1.04. The molecule has 0 fully saturated rings. The number of rotatable bonds is 2. The van der Waals surface area contributed by atoms with Gasteiger partial charge in [-0.3, -0.25) is 0 Å². The molecule has 1 aliphatic heterocycles. The van der Waals surface area contributed by atoms with Crippen LogP contribution in [0.2, 0.25) is 0 Å². The number of esters is 1. The van der Waals surface area contributed by atoms with Crippen molar-refractivity contribution < 1.29 is 14.3 Å². The third kappa shape index (κ3) is 2.26. The van der Waals surface area contributed by atoms with Crippen LogP contribution in [0.4, 0.5) is 0 Å². The summed E-state index contributed by atoms with van der Waals surface area (Å²) < 4.78 is 9.94. The van der Waals surface area contributed by atoms with Gasteiger partial charge in [-0.25, -0.2) is 4.79 Å². The second-order valence-corrected chi connectivity index (χ2v) is 3.07. The highest BCUT2D eigenvalue weighted by atomic mass is 16.5. The Balaban J connectivity index is 2.17. The van der Waals surface area contributed by atoms with Gasteiger partial charge in [0.05, 0.1) is 7.11 Å². The lowest BCUT2D eigenvalue weighted by Crippen LogP contribution is -1.90. The minimum absolute atomic E-state index is 0.324. The van der Waals surface area contributed by atoms with Crippen LogP contribution in [0.25, 0.3) is 6.08 Å². The molecule has 0 spiro atoms. The number of cyclic esters (lactones) is 1. The highest BCUT2D eigenvalue weighted by Gasteiger charge is 2.08. The Hall–Kier alpha value is -2.03. The molecule has 2 rings (SSSR count). The molecule has 1 aromatic carbocycles. The maximum Gasteiger partial charge on any atom is 0.336 e. The molecule has 0 saturated carbocycles. The van der Waals surface area contributed by atoms with E-state index in [4.69, 9.17) is 9.47 Å². The summed E-state index contributed by atoms with van der Waals surface area (Å²) in [7, 11) is 1.62. The molecule has 0 atom stereocenters. The Bertz CT molecular complexity index is 427. The average Bonchev–Trinajstić information content (AvgIpc) is 2.65. The second kappa shape index (κ2) is 4.00. The SMILES string of the molecule is COc1ccc(/C=C2/C=CC(=O)O2)cc1. The summed E-state index contributed by atoms with van der Waals surface area (Å²) in [6.07, 6.45) is 4.84. The lowest BCUT2D eigenvalue weighted by molar-refractivity contribution is -0.132. The van der Waals surface area contributed by atoms with Crippen molar-refractivity contribution in [2.75, 3.05) is 7.11 Å². The van der Waals surface area contributed by atoms with Gasteiger partial charge in [-0.15, -0.1) is 0 Å². The smallest absolute Gasteiger partial charge is 0.336 e. The summed E-state index contributed by atoms with van der Waals surface area (Å²) in [6, 6.07) is 7.50. The van der Waals surface area contributed by atoms with Crippen molar-refractivity contribution >= 4 is 12.0 Å². The lowest BCUT2D eigenvalue weighted by Gasteiger charge is -2.00. The first-order chi connectivity index (χ1) is 7.28. The molecule has 0 amide bonds. The van der Waals surface area contributed by atoms with E-state index in [0.29, 0.717) is 5.76 Å². The van der Waals surface area contributed by atoms with Crippen LogP contribution in [0.1, 0.15) is 5.56 Å². The minimum atomic E-state index is -0.324. The molecular weight excluding hydrogens is 192 g/mol. The van der Waals surface area contributed by atoms with E-state index in [1.807, 2.05) is 24.3 Å². The normalized spacial score (nSPS) is 16.9. The number of hydrogen-bond acceptors (Lipinski definition) is 3. The molecule has 0 aliphatic carbocycles. The molecule has 0 aromatic heterocycles. The molecule has 3 heteroatoms. The largest absolute Gasteiger partial charge is 0.497 e. The van der Waals surface area contributed by atoms with Gasteiger partial charge in [0.2, 0.25) is 0 Å². The lowest BCUT2D eigenvalue weighted by atomic mass is 10.2. The summed E-state index contributed by atoms with van der Waals surface area (Å²) in [5, 5.41) is 0. The van der Waals surface area contributed by atoms with E-state index in [1.165, 1.54) is 6.08 Å². The molecule has 76 valence electrons. The van der Waals surface area contributed by atoms with Crippen LogP contribution in [0.5, 0.6) is 5.75 Å². The number of allylic oxidation sites excluding steroid dienone is 1. The topological polar surface area (TPSA) is 35.5 Å². The van der Waals surface area contributed by atoms with E-state index >= 15 is 0 Å². The van der Waals surface area contributed by atoms with Crippen LogP contribution in [0.3, 0.4) is 0 Å². The molecule has 1 aromatic rings. The zero-order valence-electron chi connectivity index (χ0n) is 8.27. The van der Waals surface area contributed by atoms with Crippen molar-refractivity contribution in [2.45, 2.75) is 0 Å². The van der Waals surface area contributed by atoms with Gasteiger partial charge in [0, 0.05) is 6.08 Å². The van der Waals surface area contributed by atoms with E-state index in [-0.39, 0.29) is 5.97 Å². The standard InChI is InChI=1S/C12H10O3/c1-14-10-4-2-9(3-5-10)8-11-6-7-12(13)15-11/h2-8H,1H3/b11-8-. The van der Waals surface area contributed by atoms with E-state index in [0.717, 1.165) is 11.3 Å². The zero-order valence-corrected chi connectivity index (χ0v) is 8.27. The maximum atomic E-state index is 10.8. The summed E-state index contributed by atoms with van der Waals surface area (Å²) >= 11 is 0. The first-order valence-corrected chi connectivity index (χ1v) is 4.53. The molecule has 15 heavy (non-hydrogen) atoms. The molecule has 3 nitrogen and oxygen atoms in total. The Morgan fingerprint density at radius 3 is 2.47 bits per heavy atom. The Labute approximate surface area is 87.6 Å². The predicted octanol–water partition coefficient (Wildman–Crippen LogP) is 2.15. The van der Waals surface area contributed by atoms with E-state index in [1.54, 1.807) is 19.3 Å². The minimum Gasteiger partial charge on any atom is -0.497 e. The quantitative estimate of drug-likeness (QED) is 0.689. The highest BCUT2D eigenvalue weighted by Crippen LogP contribution is 2.17. The monoisotopic (exact) mass is 202 g/mol. The van der Waals surface area contributed by atoms with Gasteiger partial charge in [0.1, 0.15) is 11.5 Å². The number of carbonyl (C=O) groups is 1. The third-order valence-electron chi connectivity index (χ3n) is 2.03. The number of hydrogen-bond donors (Lipinski definition) is 0. The molecular formula is C12H10O3. The fourth-order valence-corrected chi connectivity index (χ4v) is 1.28. The fraction of sp³-hybridized carbons (Fsp3) is 0.0833. The zero-order chi connectivity index (χ0) is 10.7. The van der Waals surface area contributed by atoms with Crippen molar-refractivity contribution in [3.05, 3.63) is 47.7 Å². The first-order valence-electron chi connectivity index (χ1n) is 4.53. The van der Waals surface area contributed by atoms with Crippen LogP contribution in [0, 0.1) is 0 Å². The third-order valence-corrected chi connectivity index (χ3v) is 2.03. The number of benzene rings is 1. The molecule has 0 radical (unpaired) electrons. The summed E-state index contributed by atoms with van der Waals surface area (Å²) in [5.41, 5.74) is 0.963. The molecule has 0 bridgehead atoms. The van der Waals surface area contributed by atoms with E-state index < -0.39 is 0 Å². The average molecular weight is 202 g/mol. The molecule has 1 heterocycles. The van der Waals surface area contributed by atoms with Gasteiger partial charge >= 0.3 is 5.97 Å². The number of carbonyl (C=O) groups excluding carboxylic acids is 1. The fourth-order valence-electron chi connectivity index (χ4n) is 1.28. The molecule has 0 N–H and O–H groups in total. The number of ether oxygens (including phenoxy) is 2. The van der Waals surface area contributed by atoms with Gasteiger partial charge in [-0.2, -0.15) is 0 Å². The summed E-state index contributed by atoms with van der Waals surface area (Å²) in [4.78, 5) is 10.8. The molecule has 1 aliphatic rings. The van der Waals surface area contributed by atoms with Crippen LogP contribution >= 0.6 is 0 Å². The van der Waals surface area contributed by atoms with Crippen molar-refractivity contribution in [3.8, 4) is 5.75 Å². The molecule has 0 saturated heterocycles. The van der Waals surface area contributed by atoms with Gasteiger partial charge < -0.3 is 9.47 Å². The Morgan fingerprint density at radius 1 is 1.20 bits per heavy atom. The van der Waals surface area contributed by atoms with E-state index in [2.05, 4.69) is 0 Å². The highest BCUT2D eigenvalue weighted by molar-refractivity contribution is 5.87. The van der Waals surface area contributed by atoms with Crippen molar-refractivity contribution in [1.29, 1.82) is 0 Å². The van der Waals surface area contributed by atoms with Crippen molar-refractivity contribution in [1.82, 2.24) is 0 Å². The summed E-state index contributed by atoms with van der Waals surface area (Å²) in [6.45, 7) is 0. The van der Waals surface area contributed by atoms with Crippen molar-refractivity contribution in [3.63, 3.8) is 0 Å². The Morgan fingerprint density at radius 2 is 1.93 bits per heavy atom. The predicted molar refractivity (Wildman–Crippen MR) is 56.2 cm³/mol. The second-order valence-electron chi connectivity index (χ2n) is 3.07. The van der Waals surface area contributed by atoms with Gasteiger partial charge in [0.15, 0.2) is 0 Å². The van der Waals surface area contributed by atoms with Crippen LogP contribution in [0.15, 0.2) is 42.2 Å². The van der Waals surface area contributed by atoms with Crippen LogP contribution in [-0.2, 0) is 9.53 Å². The van der Waals surface area contributed by atoms with Gasteiger partial charge in [-0.05, 0) is 29.8 Å². The number of methoxy groups -OCH3 is 1. The van der Waals surface area contributed by atoms with Crippen LogP contribution in [-0.4, -0.2) is 13.1 Å². The molecule has 0 unspecified atom stereocenters. The van der Waals surface area contributed by atoms with Crippen LogP contribution < -0.4 is 4.74 Å². The van der Waals surface area contributed by atoms with Gasteiger partial charge in [0.25, 0.3) is 0 Å². The Kier molecular flexibility index (Phi) is 2.54. The van der Waals surface area contributed by atoms with E-state index in [9.17, 15) is 4.79 Å². The first kappa shape index (κ1) is 9.52. The van der Waals surface area contributed by atoms with Gasteiger partial charge in [-0.1, -0.05) is 12.1 Å². The maximum absolute atomic E-state index is 10.8.